The molecular formula is C30H25N3O3. The molecule has 1 N–H and O–H groups in total. The molecule has 6 rings (SSSR count). The lowest BCUT2D eigenvalue weighted by Gasteiger charge is -2.22. The first-order valence-electron chi connectivity index (χ1n) is 12.0. The van der Waals surface area contributed by atoms with Crippen LogP contribution in [-0.2, 0) is 17.8 Å². The second-order valence-corrected chi connectivity index (χ2v) is 8.77. The quantitative estimate of drug-likeness (QED) is 0.349. The van der Waals surface area contributed by atoms with Crippen molar-refractivity contribution in [2.45, 2.75) is 19.0 Å². The smallest absolute Gasteiger partial charge is 0.248 e. The Morgan fingerprint density at radius 2 is 1.56 bits per heavy atom. The molecule has 0 aliphatic carbocycles. The molecule has 178 valence electrons. The van der Waals surface area contributed by atoms with E-state index in [2.05, 4.69) is 22.0 Å². The first-order chi connectivity index (χ1) is 17.8. The van der Waals surface area contributed by atoms with Gasteiger partial charge in [0.25, 0.3) is 0 Å². The molecule has 4 aromatic carbocycles. The van der Waals surface area contributed by atoms with Crippen molar-refractivity contribution in [3.8, 4) is 11.5 Å². The third kappa shape index (κ3) is 4.29. The number of ether oxygens (including phenoxy) is 2. The van der Waals surface area contributed by atoms with Crippen molar-refractivity contribution in [2.24, 2.45) is 0 Å². The molecule has 0 saturated carbocycles. The summed E-state index contributed by atoms with van der Waals surface area (Å²) in [5.74, 6) is 2.17. The summed E-state index contributed by atoms with van der Waals surface area (Å²) >= 11 is 0. The Labute approximate surface area is 209 Å². The summed E-state index contributed by atoms with van der Waals surface area (Å²) in [6.45, 7) is 0.596. The van der Waals surface area contributed by atoms with Gasteiger partial charge in [-0.3, -0.25) is 4.79 Å². The van der Waals surface area contributed by atoms with Crippen LogP contribution in [0.5, 0.6) is 11.5 Å². The molecule has 2 heterocycles. The fourth-order valence-corrected chi connectivity index (χ4v) is 4.68. The van der Waals surface area contributed by atoms with Crippen LogP contribution in [0.4, 0.5) is 0 Å². The molecule has 1 aliphatic rings. The molecule has 0 fully saturated rings. The molecule has 1 aromatic heterocycles. The van der Waals surface area contributed by atoms with E-state index >= 15 is 0 Å². The van der Waals surface area contributed by atoms with Gasteiger partial charge < -0.3 is 19.4 Å². The lowest BCUT2D eigenvalue weighted by molar-refractivity contribution is -0.123. The monoisotopic (exact) mass is 475 g/mol. The maximum atomic E-state index is 13.9. The number of nitrogens with zero attached hydrogens (tertiary/aromatic N) is 2. The van der Waals surface area contributed by atoms with Crippen LogP contribution in [0.15, 0.2) is 103 Å². The van der Waals surface area contributed by atoms with Gasteiger partial charge in [0.1, 0.15) is 11.9 Å². The number of hydrogen-bond acceptors (Lipinski definition) is 4. The minimum atomic E-state index is -0.577. The van der Waals surface area contributed by atoms with Crippen LogP contribution in [0, 0.1) is 0 Å². The molecule has 6 nitrogen and oxygen atoms in total. The second kappa shape index (κ2) is 9.58. The SMILES string of the molecule is O=C(NCc1ccc2c(c1)OCO2)C(c1ccccc1)n1c(Cc2ccccc2)nc2ccccc21. The highest BCUT2D eigenvalue weighted by atomic mass is 16.7. The van der Waals surface area contributed by atoms with Crippen molar-refractivity contribution < 1.29 is 14.3 Å². The van der Waals surface area contributed by atoms with Crippen LogP contribution < -0.4 is 14.8 Å². The van der Waals surface area contributed by atoms with Crippen molar-refractivity contribution >= 4 is 16.9 Å². The van der Waals surface area contributed by atoms with Gasteiger partial charge in [0.2, 0.25) is 12.7 Å². The van der Waals surface area contributed by atoms with Crippen LogP contribution in [0.3, 0.4) is 0 Å². The largest absolute Gasteiger partial charge is 0.454 e. The average molecular weight is 476 g/mol. The molecule has 1 unspecified atom stereocenters. The average Bonchev–Trinajstić information content (AvgIpc) is 3.53. The van der Waals surface area contributed by atoms with Gasteiger partial charge in [-0.05, 0) is 41.0 Å². The van der Waals surface area contributed by atoms with Crippen molar-refractivity contribution in [3.05, 3.63) is 126 Å². The lowest BCUT2D eigenvalue weighted by Crippen LogP contribution is -2.33. The van der Waals surface area contributed by atoms with E-state index in [9.17, 15) is 4.79 Å². The van der Waals surface area contributed by atoms with Crippen LogP contribution in [0.25, 0.3) is 11.0 Å². The van der Waals surface area contributed by atoms with Gasteiger partial charge in [-0.15, -0.1) is 0 Å². The van der Waals surface area contributed by atoms with Crippen molar-refractivity contribution in [1.29, 1.82) is 0 Å². The maximum Gasteiger partial charge on any atom is 0.248 e. The zero-order valence-corrected chi connectivity index (χ0v) is 19.6. The fourth-order valence-electron chi connectivity index (χ4n) is 4.68. The molecule has 0 spiro atoms. The third-order valence-electron chi connectivity index (χ3n) is 6.40. The number of rotatable bonds is 7. The molecular weight excluding hydrogens is 450 g/mol. The molecule has 1 aliphatic heterocycles. The Morgan fingerprint density at radius 1 is 0.833 bits per heavy atom. The standard InChI is InChI=1S/C30H25N3O3/c34-30(31-19-22-15-16-26-27(17-22)36-20-35-26)29(23-11-5-2-6-12-23)33-25-14-8-7-13-24(25)32-28(33)18-21-9-3-1-4-10-21/h1-17,29H,18-20H2,(H,31,34). The molecule has 0 bridgehead atoms. The van der Waals surface area contributed by atoms with E-state index in [1.165, 1.54) is 0 Å². The van der Waals surface area contributed by atoms with Gasteiger partial charge in [-0.1, -0.05) is 78.9 Å². The first kappa shape index (κ1) is 21.9. The predicted molar refractivity (Wildman–Crippen MR) is 138 cm³/mol. The van der Waals surface area contributed by atoms with Gasteiger partial charge in [0.05, 0.1) is 11.0 Å². The highest BCUT2D eigenvalue weighted by molar-refractivity contribution is 5.87. The van der Waals surface area contributed by atoms with Crippen LogP contribution in [0.2, 0.25) is 0 Å². The molecule has 0 saturated heterocycles. The molecule has 5 aromatic rings. The van der Waals surface area contributed by atoms with Crippen molar-refractivity contribution in [1.82, 2.24) is 14.9 Å². The van der Waals surface area contributed by atoms with Crippen molar-refractivity contribution in [2.75, 3.05) is 6.79 Å². The first-order valence-corrected chi connectivity index (χ1v) is 12.0. The normalized spacial score (nSPS) is 13.0. The highest BCUT2D eigenvalue weighted by Crippen LogP contribution is 2.33. The summed E-state index contributed by atoms with van der Waals surface area (Å²) in [6, 6.07) is 33.2. The van der Waals surface area contributed by atoms with Gasteiger partial charge >= 0.3 is 0 Å². The number of nitrogens with one attached hydrogen (secondary N) is 1. The molecule has 1 atom stereocenters. The van der Waals surface area contributed by atoms with E-state index in [0.29, 0.717) is 18.7 Å². The Hall–Kier alpha value is -4.58. The number of hydrogen-bond donors (Lipinski definition) is 1. The molecule has 1 amide bonds. The van der Waals surface area contributed by atoms with Gasteiger partial charge in [-0.25, -0.2) is 4.98 Å². The predicted octanol–water partition coefficient (Wildman–Crippen LogP) is 5.26. The summed E-state index contributed by atoms with van der Waals surface area (Å²) in [7, 11) is 0. The van der Waals surface area contributed by atoms with Crippen molar-refractivity contribution in [3.63, 3.8) is 0 Å². The zero-order chi connectivity index (χ0) is 24.3. The highest BCUT2D eigenvalue weighted by Gasteiger charge is 2.27. The van der Waals surface area contributed by atoms with E-state index < -0.39 is 6.04 Å². The summed E-state index contributed by atoms with van der Waals surface area (Å²) in [4.78, 5) is 18.8. The Bertz CT molecular complexity index is 1510. The maximum absolute atomic E-state index is 13.9. The van der Waals surface area contributed by atoms with Crippen LogP contribution in [0.1, 0.15) is 28.6 Å². The van der Waals surface area contributed by atoms with Gasteiger partial charge in [-0.2, -0.15) is 0 Å². The van der Waals surface area contributed by atoms with E-state index in [4.69, 9.17) is 14.5 Å². The van der Waals surface area contributed by atoms with Crippen LogP contribution >= 0.6 is 0 Å². The number of carbonyl (C=O) groups is 1. The van der Waals surface area contributed by atoms with E-state index in [-0.39, 0.29) is 12.7 Å². The van der Waals surface area contributed by atoms with E-state index in [1.807, 2.05) is 91.0 Å². The van der Waals surface area contributed by atoms with E-state index in [0.717, 1.165) is 39.3 Å². The minimum absolute atomic E-state index is 0.101. The Balaban J connectivity index is 1.38. The Kier molecular flexibility index (Phi) is 5.83. The molecule has 36 heavy (non-hydrogen) atoms. The number of aromatic nitrogens is 2. The summed E-state index contributed by atoms with van der Waals surface area (Å²) in [5.41, 5.74) is 4.78. The topological polar surface area (TPSA) is 65.4 Å². The molecule has 6 heteroatoms. The number of benzene rings is 4. The van der Waals surface area contributed by atoms with Crippen LogP contribution in [-0.4, -0.2) is 22.3 Å². The second-order valence-electron chi connectivity index (χ2n) is 8.77. The summed E-state index contributed by atoms with van der Waals surface area (Å²) < 4.78 is 13.0. The fraction of sp³-hybridized carbons (Fsp3) is 0.133. The van der Waals surface area contributed by atoms with Gasteiger partial charge in [0, 0.05) is 13.0 Å². The Morgan fingerprint density at radius 3 is 2.39 bits per heavy atom. The minimum Gasteiger partial charge on any atom is -0.454 e. The van der Waals surface area contributed by atoms with E-state index in [1.54, 1.807) is 0 Å². The van der Waals surface area contributed by atoms with Gasteiger partial charge in [0.15, 0.2) is 11.5 Å². The number of fused-ring (bicyclic) bond motifs is 2. The summed E-state index contributed by atoms with van der Waals surface area (Å²) in [6.07, 6.45) is 0.619. The molecule has 0 radical (unpaired) electrons. The third-order valence-corrected chi connectivity index (χ3v) is 6.40. The number of carbonyl (C=O) groups excluding carboxylic acids is 1. The lowest BCUT2D eigenvalue weighted by atomic mass is 10.0. The summed E-state index contributed by atoms with van der Waals surface area (Å²) in [5, 5.41) is 3.15. The zero-order valence-electron chi connectivity index (χ0n) is 19.6. The number of imidazole rings is 1. The number of para-hydroxylation sites is 2. The number of amides is 1.